The van der Waals surface area contributed by atoms with E-state index < -0.39 is 0 Å². The van der Waals surface area contributed by atoms with Gasteiger partial charge in [0.15, 0.2) is 11.5 Å². The first-order valence-electron chi connectivity index (χ1n) is 10.7. The van der Waals surface area contributed by atoms with E-state index in [2.05, 4.69) is 20.3 Å². The van der Waals surface area contributed by atoms with Crippen molar-refractivity contribution in [3.8, 4) is 22.8 Å². The maximum absolute atomic E-state index is 6.35. The molecule has 0 aliphatic carbocycles. The van der Waals surface area contributed by atoms with Gasteiger partial charge in [-0.25, -0.2) is 4.98 Å². The van der Waals surface area contributed by atoms with Crippen LogP contribution in [0.15, 0.2) is 67.1 Å². The molecular weight excluding hydrogens is 428 g/mol. The molecule has 0 aliphatic rings. The zero-order valence-corrected chi connectivity index (χ0v) is 18.9. The Bertz CT molecular complexity index is 1520. The second-order valence-electron chi connectivity index (χ2n) is 7.83. The number of aromatic nitrogens is 3. The first-order valence-corrected chi connectivity index (χ1v) is 10.7. The molecule has 0 bridgehead atoms. The van der Waals surface area contributed by atoms with Gasteiger partial charge < -0.3 is 26.3 Å². The maximum Gasteiger partial charge on any atom is 0.162 e. The fourth-order valence-corrected chi connectivity index (χ4v) is 4.00. The van der Waals surface area contributed by atoms with E-state index in [0.29, 0.717) is 29.6 Å². The van der Waals surface area contributed by atoms with E-state index in [1.807, 2.05) is 48.5 Å². The number of pyridine rings is 3. The molecule has 0 saturated carbocycles. The molecule has 0 radical (unpaired) electrons. The molecule has 5 N–H and O–H groups in total. The predicted molar refractivity (Wildman–Crippen MR) is 135 cm³/mol. The molecule has 8 nitrogen and oxygen atoms in total. The normalized spacial score (nSPS) is 11.0. The molecule has 0 atom stereocenters. The highest BCUT2D eigenvalue weighted by atomic mass is 16.5. The second kappa shape index (κ2) is 8.84. The Morgan fingerprint density at radius 3 is 2.47 bits per heavy atom. The summed E-state index contributed by atoms with van der Waals surface area (Å²) in [5.41, 5.74) is 17.2. The fraction of sp³-hybridized carbons (Fsp3) is 0.115. The summed E-state index contributed by atoms with van der Waals surface area (Å²) in [6.45, 7) is 0.480. The van der Waals surface area contributed by atoms with Crippen LogP contribution in [-0.2, 0) is 6.54 Å². The van der Waals surface area contributed by atoms with Crippen molar-refractivity contribution in [2.75, 3.05) is 25.3 Å². The van der Waals surface area contributed by atoms with Crippen molar-refractivity contribution >= 4 is 38.9 Å². The van der Waals surface area contributed by atoms with Crippen LogP contribution in [0.4, 0.5) is 17.2 Å². The van der Waals surface area contributed by atoms with Gasteiger partial charge in [-0.05, 0) is 41.3 Å². The smallest absolute Gasteiger partial charge is 0.162 e. The summed E-state index contributed by atoms with van der Waals surface area (Å²) in [4.78, 5) is 13.6. The van der Waals surface area contributed by atoms with Gasteiger partial charge in [0.05, 0.1) is 37.3 Å². The van der Waals surface area contributed by atoms with E-state index in [4.69, 9.17) is 20.9 Å². The molecule has 170 valence electrons. The number of nitrogens with zero attached hydrogens (tertiary/aromatic N) is 3. The third kappa shape index (κ3) is 3.91. The third-order valence-corrected chi connectivity index (χ3v) is 5.70. The second-order valence-corrected chi connectivity index (χ2v) is 7.83. The molecule has 34 heavy (non-hydrogen) atoms. The topological polar surface area (TPSA) is 121 Å². The quantitative estimate of drug-likeness (QED) is 0.318. The van der Waals surface area contributed by atoms with E-state index in [1.165, 1.54) is 0 Å². The van der Waals surface area contributed by atoms with Gasteiger partial charge in [-0.15, -0.1) is 0 Å². The van der Waals surface area contributed by atoms with Crippen molar-refractivity contribution in [1.29, 1.82) is 0 Å². The summed E-state index contributed by atoms with van der Waals surface area (Å²) in [7, 11) is 3.21. The molecule has 3 aromatic heterocycles. The standard InChI is InChI=1S/C26H24N6O2/c1-33-24-9-20-19-8-22(32-26(28)21(19)14-30-23(20)10-25(24)34-2)16-7-18(13-29-12-16)31-17-5-3-4-15(6-17)11-27/h3-10,12-14,31H,11,27H2,1-2H3,(H2,28,32). The fourth-order valence-electron chi connectivity index (χ4n) is 4.00. The Morgan fingerprint density at radius 1 is 0.853 bits per heavy atom. The van der Waals surface area contributed by atoms with E-state index in [-0.39, 0.29) is 0 Å². The van der Waals surface area contributed by atoms with Crippen molar-refractivity contribution in [3.63, 3.8) is 0 Å². The maximum atomic E-state index is 6.35. The van der Waals surface area contributed by atoms with E-state index >= 15 is 0 Å². The van der Waals surface area contributed by atoms with Crippen LogP contribution in [0.25, 0.3) is 32.9 Å². The van der Waals surface area contributed by atoms with Crippen LogP contribution in [0.3, 0.4) is 0 Å². The lowest BCUT2D eigenvalue weighted by Crippen LogP contribution is -1.99. The van der Waals surface area contributed by atoms with Crippen molar-refractivity contribution < 1.29 is 9.47 Å². The van der Waals surface area contributed by atoms with Gasteiger partial charge in [0.1, 0.15) is 5.82 Å². The number of methoxy groups -OCH3 is 2. The molecule has 0 aliphatic heterocycles. The summed E-state index contributed by atoms with van der Waals surface area (Å²) >= 11 is 0. The zero-order valence-electron chi connectivity index (χ0n) is 18.9. The minimum absolute atomic E-state index is 0.394. The first-order chi connectivity index (χ1) is 16.6. The van der Waals surface area contributed by atoms with Gasteiger partial charge in [-0.1, -0.05) is 12.1 Å². The van der Waals surface area contributed by atoms with Gasteiger partial charge in [0.2, 0.25) is 0 Å². The minimum atomic E-state index is 0.394. The van der Waals surface area contributed by atoms with Gasteiger partial charge in [0.25, 0.3) is 0 Å². The predicted octanol–water partition coefficient (Wildman–Crippen LogP) is 4.65. The van der Waals surface area contributed by atoms with Crippen LogP contribution in [0.2, 0.25) is 0 Å². The molecular formula is C26H24N6O2. The average Bonchev–Trinajstić information content (AvgIpc) is 2.87. The molecule has 0 fully saturated rings. The number of nitrogen functional groups attached to an aromatic ring is 1. The summed E-state index contributed by atoms with van der Waals surface area (Å²) in [5, 5.41) is 5.96. The van der Waals surface area contributed by atoms with E-state index in [9.17, 15) is 0 Å². The van der Waals surface area contributed by atoms with Gasteiger partial charge in [0, 0.05) is 47.0 Å². The summed E-state index contributed by atoms with van der Waals surface area (Å²) in [5.74, 6) is 1.63. The average molecular weight is 453 g/mol. The molecule has 0 saturated heterocycles. The number of fused-ring (bicyclic) bond motifs is 3. The van der Waals surface area contributed by atoms with Crippen LogP contribution in [0, 0.1) is 0 Å². The number of hydrogen-bond donors (Lipinski definition) is 3. The van der Waals surface area contributed by atoms with Crippen LogP contribution < -0.4 is 26.3 Å². The number of rotatable bonds is 6. The molecule has 2 aromatic carbocycles. The molecule has 0 amide bonds. The Hall–Kier alpha value is -4.43. The molecule has 0 spiro atoms. The van der Waals surface area contributed by atoms with Crippen molar-refractivity contribution in [1.82, 2.24) is 15.0 Å². The SMILES string of the molecule is COc1cc2ncc3c(N)nc(-c4cncc(Nc5cccc(CN)c5)c4)cc3c2cc1OC. The Balaban J connectivity index is 1.61. The summed E-state index contributed by atoms with van der Waals surface area (Å²) < 4.78 is 10.9. The van der Waals surface area contributed by atoms with Crippen molar-refractivity contribution in [2.24, 2.45) is 5.73 Å². The number of ether oxygens (including phenoxy) is 2. The molecule has 8 heteroatoms. The minimum Gasteiger partial charge on any atom is -0.493 e. The van der Waals surface area contributed by atoms with Gasteiger partial charge >= 0.3 is 0 Å². The third-order valence-electron chi connectivity index (χ3n) is 5.70. The van der Waals surface area contributed by atoms with E-state index in [1.54, 1.807) is 32.8 Å². The number of nitrogens with two attached hydrogens (primary N) is 2. The van der Waals surface area contributed by atoms with Crippen molar-refractivity contribution in [2.45, 2.75) is 6.54 Å². The van der Waals surface area contributed by atoms with Crippen molar-refractivity contribution in [3.05, 3.63) is 72.7 Å². The summed E-state index contributed by atoms with van der Waals surface area (Å²) in [6, 6.07) is 15.7. The van der Waals surface area contributed by atoms with E-state index in [0.717, 1.165) is 44.2 Å². The Morgan fingerprint density at radius 2 is 1.68 bits per heavy atom. The number of hydrogen-bond acceptors (Lipinski definition) is 8. The lowest BCUT2D eigenvalue weighted by atomic mass is 10.0. The van der Waals surface area contributed by atoms with Gasteiger partial charge in [-0.2, -0.15) is 0 Å². The van der Waals surface area contributed by atoms with Crippen LogP contribution in [-0.4, -0.2) is 29.2 Å². The molecule has 5 aromatic rings. The van der Waals surface area contributed by atoms with Crippen LogP contribution in [0.1, 0.15) is 5.56 Å². The molecule has 0 unspecified atom stereocenters. The largest absolute Gasteiger partial charge is 0.493 e. The lowest BCUT2D eigenvalue weighted by molar-refractivity contribution is 0.356. The number of anilines is 3. The number of benzene rings is 2. The monoisotopic (exact) mass is 452 g/mol. The van der Waals surface area contributed by atoms with Gasteiger partial charge in [-0.3, -0.25) is 9.97 Å². The van der Waals surface area contributed by atoms with Crippen LogP contribution in [0.5, 0.6) is 11.5 Å². The lowest BCUT2D eigenvalue weighted by Gasteiger charge is -2.13. The molecule has 3 heterocycles. The first kappa shape index (κ1) is 21.4. The Labute approximate surface area is 196 Å². The Kier molecular flexibility index (Phi) is 5.57. The summed E-state index contributed by atoms with van der Waals surface area (Å²) in [6.07, 6.45) is 5.26. The highest BCUT2D eigenvalue weighted by molar-refractivity contribution is 6.10. The molecule has 5 rings (SSSR count). The van der Waals surface area contributed by atoms with Crippen LogP contribution >= 0.6 is 0 Å². The highest BCUT2D eigenvalue weighted by Gasteiger charge is 2.14. The highest BCUT2D eigenvalue weighted by Crippen LogP contribution is 2.37. The zero-order chi connectivity index (χ0) is 23.7. The number of nitrogens with one attached hydrogen (secondary N) is 1.